The molecule has 0 aliphatic heterocycles. The number of benzene rings is 2. The Labute approximate surface area is 196 Å². The molecule has 0 N–H and O–H groups in total. The van der Waals surface area contributed by atoms with Crippen LogP contribution >= 0.6 is 0 Å². The topological polar surface area (TPSA) is 71.1 Å². The number of hydrogen-bond donors (Lipinski definition) is 0. The highest BCUT2D eigenvalue weighted by Crippen LogP contribution is 2.45. The highest BCUT2D eigenvalue weighted by atomic mass is 16.7. The molecule has 0 saturated heterocycles. The molecule has 0 bridgehead atoms. The van der Waals surface area contributed by atoms with Crippen LogP contribution in [0.4, 0.5) is 9.59 Å². The van der Waals surface area contributed by atoms with Crippen molar-refractivity contribution in [1.29, 1.82) is 0 Å². The third-order valence-corrected chi connectivity index (χ3v) is 5.97. The summed E-state index contributed by atoms with van der Waals surface area (Å²) in [7, 11) is 0. The summed E-state index contributed by atoms with van der Waals surface area (Å²) in [6.07, 6.45) is 2.56. The zero-order valence-electron chi connectivity index (χ0n) is 20.4. The number of carbonyl (C=O) groups is 2. The van der Waals surface area contributed by atoms with Gasteiger partial charge in [0.2, 0.25) is 0 Å². The number of hydrogen-bond acceptors (Lipinski definition) is 6. The Hall–Kier alpha value is -2.76. The Morgan fingerprint density at radius 1 is 0.848 bits per heavy atom. The zero-order valence-corrected chi connectivity index (χ0v) is 20.4. The Balaban J connectivity index is 1.94. The lowest BCUT2D eigenvalue weighted by Gasteiger charge is -2.27. The average Bonchev–Trinajstić information content (AvgIpc) is 2.75. The fourth-order valence-corrected chi connectivity index (χ4v) is 4.01. The zero-order chi connectivity index (χ0) is 24.0. The minimum atomic E-state index is -0.706. The summed E-state index contributed by atoms with van der Waals surface area (Å²) in [6, 6.07) is 7.51. The van der Waals surface area contributed by atoms with Gasteiger partial charge in [0.05, 0.1) is 13.2 Å². The molecule has 3 rings (SSSR count). The molecular weight excluding hydrogens is 420 g/mol. The fraction of sp³-hybridized carbons (Fsp3) is 0.556. The maximum absolute atomic E-state index is 12.5. The molecule has 0 saturated carbocycles. The predicted molar refractivity (Wildman–Crippen MR) is 128 cm³/mol. The molecule has 0 amide bonds. The van der Waals surface area contributed by atoms with E-state index in [1.807, 2.05) is 24.3 Å². The van der Waals surface area contributed by atoms with E-state index in [0.717, 1.165) is 54.0 Å². The maximum Gasteiger partial charge on any atom is 0.513 e. The van der Waals surface area contributed by atoms with Crippen molar-refractivity contribution in [2.24, 2.45) is 17.8 Å². The minimum absolute atomic E-state index is 0.316. The molecule has 1 atom stereocenters. The quantitative estimate of drug-likeness (QED) is 0.312. The van der Waals surface area contributed by atoms with Crippen LogP contribution in [-0.4, -0.2) is 25.5 Å². The van der Waals surface area contributed by atoms with Crippen molar-refractivity contribution in [3.8, 4) is 11.5 Å². The standard InChI is InChI=1S/C27H36O6/c1-17(2)12-14-30-26(28)32-24-20-8-6-7-9-21(20)25(23-16-19(5)10-11-22(23)24)33-27(29)31-15-13-18(3)4/h6-9,17-19H,10-16H2,1-5H3. The van der Waals surface area contributed by atoms with Crippen LogP contribution in [0.3, 0.4) is 0 Å². The SMILES string of the molecule is CC(C)CCOC(=O)Oc1c2c(c(OC(=O)OCCC(C)C)c3ccccc13)CC(C)CC2. The van der Waals surface area contributed by atoms with Gasteiger partial charge in [0, 0.05) is 21.9 Å². The Morgan fingerprint density at radius 2 is 1.33 bits per heavy atom. The summed E-state index contributed by atoms with van der Waals surface area (Å²) >= 11 is 0. The van der Waals surface area contributed by atoms with Gasteiger partial charge >= 0.3 is 12.3 Å². The van der Waals surface area contributed by atoms with Crippen LogP contribution in [-0.2, 0) is 22.3 Å². The normalized spacial score (nSPS) is 15.4. The molecule has 6 nitrogen and oxygen atoms in total. The lowest BCUT2D eigenvalue weighted by Crippen LogP contribution is -2.20. The first-order valence-corrected chi connectivity index (χ1v) is 12.0. The lowest BCUT2D eigenvalue weighted by atomic mass is 9.82. The molecule has 1 aliphatic carbocycles. The van der Waals surface area contributed by atoms with E-state index < -0.39 is 12.3 Å². The number of ether oxygens (including phenoxy) is 4. The highest BCUT2D eigenvalue weighted by molar-refractivity contribution is 5.98. The van der Waals surface area contributed by atoms with Crippen molar-refractivity contribution >= 4 is 23.1 Å². The Kier molecular flexibility index (Phi) is 8.59. The van der Waals surface area contributed by atoms with E-state index in [-0.39, 0.29) is 0 Å². The first-order chi connectivity index (χ1) is 15.8. The first kappa shape index (κ1) is 24.9. The monoisotopic (exact) mass is 456 g/mol. The summed E-state index contributed by atoms with van der Waals surface area (Å²) in [5, 5.41) is 1.44. The number of fused-ring (bicyclic) bond motifs is 2. The molecule has 2 aromatic carbocycles. The van der Waals surface area contributed by atoms with E-state index >= 15 is 0 Å². The van der Waals surface area contributed by atoms with Gasteiger partial charge in [0.25, 0.3) is 0 Å². The molecule has 0 spiro atoms. The van der Waals surface area contributed by atoms with Crippen molar-refractivity contribution in [2.75, 3.05) is 13.2 Å². The van der Waals surface area contributed by atoms with E-state index in [2.05, 4.69) is 34.6 Å². The van der Waals surface area contributed by atoms with Crippen LogP contribution in [0.25, 0.3) is 10.8 Å². The van der Waals surface area contributed by atoms with Crippen LogP contribution in [0.1, 0.15) is 65.0 Å². The molecule has 6 heteroatoms. The molecule has 180 valence electrons. The molecule has 2 aromatic rings. The molecule has 0 radical (unpaired) electrons. The van der Waals surface area contributed by atoms with Gasteiger partial charge in [0.15, 0.2) is 0 Å². The maximum atomic E-state index is 12.5. The summed E-state index contributed by atoms with van der Waals surface area (Å²) < 4.78 is 22.2. The van der Waals surface area contributed by atoms with Gasteiger partial charge in [-0.3, -0.25) is 0 Å². The predicted octanol–water partition coefficient (Wildman–Crippen LogP) is 7.09. The van der Waals surface area contributed by atoms with Gasteiger partial charge in [0.1, 0.15) is 11.5 Å². The summed E-state index contributed by atoms with van der Waals surface area (Å²) in [4.78, 5) is 25.0. The largest absolute Gasteiger partial charge is 0.513 e. The van der Waals surface area contributed by atoms with Crippen LogP contribution in [0.5, 0.6) is 11.5 Å². The molecule has 0 heterocycles. The molecular formula is C27H36O6. The molecule has 1 aliphatic rings. The molecule has 1 unspecified atom stereocenters. The summed E-state index contributed by atoms with van der Waals surface area (Å²) in [5.41, 5.74) is 1.80. The Morgan fingerprint density at radius 3 is 1.82 bits per heavy atom. The second-order valence-electron chi connectivity index (χ2n) is 9.78. The highest BCUT2D eigenvalue weighted by Gasteiger charge is 2.29. The van der Waals surface area contributed by atoms with Crippen molar-refractivity contribution in [3.05, 3.63) is 35.4 Å². The second kappa shape index (κ2) is 11.4. The van der Waals surface area contributed by atoms with E-state index in [1.54, 1.807) is 0 Å². The molecule has 0 fully saturated rings. The van der Waals surface area contributed by atoms with Crippen molar-refractivity contribution in [1.82, 2.24) is 0 Å². The summed E-state index contributed by atoms with van der Waals surface area (Å²) in [6.45, 7) is 11.1. The van der Waals surface area contributed by atoms with Gasteiger partial charge in [-0.25, -0.2) is 9.59 Å². The minimum Gasteiger partial charge on any atom is -0.434 e. The van der Waals surface area contributed by atoms with Crippen LogP contribution in [0.2, 0.25) is 0 Å². The van der Waals surface area contributed by atoms with Crippen molar-refractivity contribution in [3.63, 3.8) is 0 Å². The van der Waals surface area contributed by atoms with E-state index in [1.165, 1.54) is 0 Å². The van der Waals surface area contributed by atoms with Gasteiger partial charge in [-0.05, 0) is 49.9 Å². The van der Waals surface area contributed by atoms with E-state index in [9.17, 15) is 9.59 Å². The van der Waals surface area contributed by atoms with Crippen LogP contribution in [0, 0.1) is 17.8 Å². The Bertz CT molecular complexity index is 978. The molecule has 0 aromatic heterocycles. The second-order valence-corrected chi connectivity index (χ2v) is 9.78. The van der Waals surface area contributed by atoms with Gasteiger partial charge in [-0.1, -0.05) is 58.9 Å². The fourth-order valence-electron chi connectivity index (χ4n) is 4.01. The van der Waals surface area contributed by atoms with Gasteiger partial charge in [-0.2, -0.15) is 0 Å². The average molecular weight is 457 g/mol. The summed E-state index contributed by atoms with van der Waals surface area (Å²) in [5.74, 6) is 2.29. The van der Waals surface area contributed by atoms with E-state index in [0.29, 0.717) is 42.5 Å². The van der Waals surface area contributed by atoms with Gasteiger partial charge in [-0.15, -0.1) is 0 Å². The first-order valence-electron chi connectivity index (χ1n) is 12.0. The van der Waals surface area contributed by atoms with Crippen molar-refractivity contribution < 1.29 is 28.5 Å². The smallest absolute Gasteiger partial charge is 0.434 e. The third-order valence-electron chi connectivity index (χ3n) is 5.97. The van der Waals surface area contributed by atoms with Crippen molar-refractivity contribution in [2.45, 2.75) is 66.7 Å². The van der Waals surface area contributed by atoms with E-state index in [4.69, 9.17) is 18.9 Å². The molecule has 33 heavy (non-hydrogen) atoms. The number of rotatable bonds is 8. The lowest BCUT2D eigenvalue weighted by molar-refractivity contribution is 0.0925. The number of carbonyl (C=O) groups excluding carboxylic acids is 2. The third kappa shape index (κ3) is 6.62. The van der Waals surface area contributed by atoms with Crippen LogP contribution < -0.4 is 9.47 Å². The van der Waals surface area contributed by atoms with Gasteiger partial charge < -0.3 is 18.9 Å². The van der Waals surface area contributed by atoms with Crippen LogP contribution in [0.15, 0.2) is 24.3 Å².